The van der Waals surface area contributed by atoms with E-state index in [4.69, 9.17) is 4.74 Å². The molecule has 0 unspecified atom stereocenters. The van der Waals surface area contributed by atoms with Crippen molar-refractivity contribution >= 4 is 21.6 Å². The van der Waals surface area contributed by atoms with E-state index in [0.29, 0.717) is 16.6 Å². The van der Waals surface area contributed by atoms with Gasteiger partial charge in [-0.25, -0.2) is 0 Å². The Bertz CT molecular complexity index is 371. The molecule has 88 valence electrons. The number of hydrogen-bond donors (Lipinski definition) is 1. The SMILES string of the molecule is CNCCOCc1ccc(Br)cc1[N+](=O)[O-]. The highest BCUT2D eigenvalue weighted by Crippen LogP contribution is 2.23. The quantitative estimate of drug-likeness (QED) is 0.495. The molecule has 0 atom stereocenters. The summed E-state index contributed by atoms with van der Waals surface area (Å²) < 4.78 is 6.00. The molecule has 1 rings (SSSR count). The van der Waals surface area contributed by atoms with E-state index < -0.39 is 4.92 Å². The number of nitro groups is 1. The van der Waals surface area contributed by atoms with Gasteiger partial charge in [0.15, 0.2) is 0 Å². The zero-order valence-corrected chi connectivity index (χ0v) is 10.5. The minimum atomic E-state index is -0.401. The third-order valence-corrected chi connectivity index (χ3v) is 2.49. The zero-order chi connectivity index (χ0) is 12.0. The highest BCUT2D eigenvalue weighted by molar-refractivity contribution is 9.10. The molecule has 0 aromatic heterocycles. The summed E-state index contributed by atoms with van der Waals surface area (Å²) in [7, 11) is 1.82. The van der Waals surface area contributed by atoms with Crippen molar-refractivity contribution in [3.63, 3.8) is 0 Å². The van der Waals surface area contributed by atoms with Crippen LogP contribution in [-0.2, 0) is 11.3 Å². The molecule has 0 bridgehead atoms. The van der Waals surface area contributed by atoms with Crippen molar-refractivity contribution < 1.29 is 9.66 Å². The van der Waals surface area contributed by atoms with Crippen LogP contribution in [0.3, 0.4) is 0 Å². The van der Waals surface area contributed by atoms with Crippen LogP contribution in [0.2, 0.25) is 0 Å². The standard InChI is InChI=1S/C10H13BrN2O3/c1-12-4-5-16-7-8-2-3-9(11)6-10(8)13(14)15/h2-3,6,12H,4-5,7H2,1H3. The first-order valence-electron chi connectivity index (χ1n) is 4.80. The summed E-state index contributed by atoms with van der Waals surface area (Å²) in [5, 5.41) is 13.7. The molecule has 16 heavy (non-hydrogen) atoms. The predicted molar refractivity (Wildman–Crippen MR) is 64.4 cm³/mol. The van der Waals surface area contributed by atoms with Gasteiger partial charge in [0.25, 0.3) is 5.69 Å². The minimum absolute atomic E-state index is 0.0823. The molecule has 0 spiro atoms. The van der Waals surface area contributed by atoms with Gasteiger partial charge in [-0.3, -0.25) is 10.1 Å². The highest BCUT2D eigenvalue weighted by Gasteiger charge is 2.13. The Kier molecular flexibility index (Phi) is 5.37. The Morgan fingerprint density at radius 3 is 2.94 bits per heavy atom. The van der Waals surface area contributed by atoms with Gasteiger partial charge in [-0.05, 0) is 19.2 Å². The van der Waals surface area contributed by atoms with Crippen LogP contribution in [0.1, 0.15) is 5.56 Å². The van der Waals surface area contributed by atoms with Crippen molar-refractivity contribution in [3.05, 3.63) is 38.3 Å². The summed E-state index contributed by atoms with van der Waals surface area (Å²) in [6, 6.07) is 4.95. The molecule has 0 radical (unpaired) electrons. The average Bonchev–Trinajstić information content (AvgIpc) is 2.26. The number of ether oxygens (including phenoxy) is 1. The second kappa shape index (κ2) is 6.57. The van der Waals surface area contributed by atoms with Gasteiger partial charge in [-0.1, -0.05) is 15.9 Å². The fraction of sp³-hybridized carbons (Fsp3) is 0.400. The molecule has 0 heterocycles. The second-order valence-electron chi connectivity index (χ2n) is 3.19. The van der Waals surface area contributed by atoms with E-state index in [1.165, 1.54) is 6.07 Å². The minimum Gasteiger partial charge on any atom is -0.375 e. The molecule has 0 saturated heterocycles. The van der Waals surface area contributed by atoms with Crippen molar-refractivity contribution in [1.82, 2.24) is 5.32 Å². The first-order valence-corrected chi connectivity index (χ1v) is 5.59. The van der Waals surface area contributed by atoms with Gasteiger partial charge < -0.3 is 10.1 Å². The molecule has 0 amide bonds. The molecule has 0 saturated carbocycles. The summed E-state index contributed by atoms with van der Waals surface area (Å²) in [5.41, 5.74) is 0.670. The largest absolute Gasteiger partial charge is 0.375 e. The average molecular weight is 289 g/mol. The zero-order valence-electron chi connectivity index (χ0n) is 8.90. The van der Waals surface area contributed by atoms with Crippen LogP contribution in [0.5, 0.6) is 0 Å². The van der Waals surface area contributed by atoms with Crippen LogP contribution in [0.25, 0.3) is 0 Å². The maximum Gasteiger partial charge on any atom is 0.276 e. The van der Waals surface area contributed by atoms with Crippen LogP contribution >= 0.6 is 15.9 Å². The predicted octanol–water partition coefficient (Wildman–Crippen LogP) is 2.09. The normalized spacial score (nSPS) is 10.4. The Balaban J connectivity index is 2.67. The highest BCUT2D eigenvalue weighted by atomic mass is 79.9. The third-order valence-electron chi connectivity index (χ3n) is 2.00. The van der Waals surface area contributed by atoms with Crippen LogP contribution in [0, 0.1) is 10.1 Å². The topological polar surface area (TPSA) is 64.4 Å². The van der Waals surface area contributed by atoms with E-state index >= 15 is 0 Å². The number of benzene rings is 1. The fourth-order valence-electron chi connectivity index (χ4n) is 1.19. The van der Waals surface area contributed by atoms with E-state index in [2.05, 4.69) is 21.2 Å². The monoisotopic (exact) mass is 288 g/mol. The first kappa shape index (κ1) is 13.1. The van der Waals surface area contributed by atoms with Gasteiger partial charge in [0, 0.05) is 17.1 Å². The maximum absolute atomic E-state index is 10.8. The smallest absolute Gasteiger partial charge is 0.276 e. The lowest BCUT2D eigenvalue weighted by Gasteiger charge is -2.05. The summed E-state index contributed by atoms with van der Waals surface area (Å²) in [6.07, 6.45) is 0. The lowest BCUT2D eigenvalue weighted by molar-refractivity contribution is -0.386. The number of nitrogens with zero attached hydrogens (tertiary/aromatic N) is 1. The number of likely N-dealkylation sites (N-methyl/N-ethyl adjacent to an activating group) is 1. The molecular formula is C10H13BrN2O3. The van der Waals surface area contributed by atoms with Gasteiger partial charge in [-0.15, -0.1) is 0 Å². The first-order chi connectivity index (χ1) is 7.65. The molecule has 0 aliphatic carbocycles. The molecule has 0 fully saturated rings. The molecule has 5 nitrogen and oxygen atoms in total. The molecular weight excluding hydrogens is 276 g/mol. The number of nitrogens with one attached hydrogen (secondary N) is 1. The van der Waals surface area contributed by atoms with E-state index in [1.54, 1.807) is 12.1 Å². The third kappa shape index (κ3) is 3.88. The van der Waals surface area contributed by atoms with Gasteiger partial charge >= 0.3 is 0 Å². The van der Waals surface area contributed by atoms with Crippen molar-refractivity contribution in [2.45, 2.75) is 6.61 Å². The van der Waals surface area contributed by atoms with E-state index in [0.717, 1.165) is 6.54 Å². The molecule has 0 aliphatic heterocycles. The van der Waals surface area contributed by atoms with Crippen LogP contribution in [0.4, 0.5) is 5.69 Å². The van der Waals surface area contributed by atoms with E-state index in [-0.39, 0.29) is 12.3 Å². The Morgan fingerprint density at radius 1 is 1.56 bits per heavy atom. The Labute approximate surface area is 102 Å². The summed E-state index contributed by atoms with van der Waals surface area (Å²) in [6.45, 7) is 1.51. The molecule has 1 aromatic carbocycles. The van der Waals surface area contributed by atoms with E-state index in [9.17, 15) is 10.1 Å². The maximum atomic E-state index is 10.8. The van der Waals surface area contributed by atoms with Gasteiger partial charge in [-0.2, -0.15) is 0 Å². The number of nitro benzene ring substituents is 1. The Morgan fingerprint density at radius 2 is 2.31 bits per heavy atom. The summed E-state index contributed by atoms with van der Waals surface area (Å²) in [4.78, 5) is 10.4. The second-order valence-corrected chi connectivity index (χ2v) is 4.10. The lowest BCUT2D eigenvalue weighted by atomic mass is 10.2. The van der Waals surface area contributed by atoms with Crippen molar-refractivity contribution in [3.8, 4) is 0 Å². The lowest BCUT2D eigenvalue weighted by Crippen LogP contribution is -2.14. The summed E-state index contributed by atoms with van der Waals surface area (Å²) in [5.74, 6) is 0. The van der Waals surface area contributed by atoms with Crippen molar-refractivity contribution in [2.24, 2.45) is 0 Å². The Hall–Kier alpha value is -0.980. The number of hydrogen-bond acceptors (Lipinski definition) is 4. The van der Waals surface area contributed by atoms with Crippen LogP contribution in [0.15, 0.2) is 22.7 Å². The number of halogens is 1. The molecule has 1 N–H and O–H groups in total. The van der Waals surface area contributed by atoms with Crippen LogP contribution in [-0.4, -0.2) is 25.1 Å². The summed E-state index contributed by atoms with van der Waals surface area (Å²) >= 11 is 3.20. The fourth-order valence-corrected chi connectivity index (χ4v) is 1.53. The van der Waals surface area contributed by atoms with Gasteiger partial charge in [0.1, 0.15) is 0 Å². The molecule has 0 aliphatic rings. The van der Waals surface area contributed by atoms with Gasteiger partial charge in [0.2, 0.25) is 0 Å². The van der Waals surface area contributed by atoms with Gasteiger partial charge in [0.05, 0.1) is 23.7 Å². The van der Waals surface area contributed by atoms with E-state index in [1.807, 2.05) is 7.05 Å². The van der Waals surface area contributed by atoms with Crippen molar-refractivity contribution in [2.75, 3.05) is 20.2 Å². The molecule has 1 aromatic rings. The molecule has 6 heteroatoms. The van der Waals surface area contributed by atoms with Crippen LogP contribution < -0.4 is 5.32 Å². The number of rotatable bonds is 6. The van der Waals surface area contributed by atoms with Crippen molar-refractivity contribution in [1.29, 1.82) is 0 Å².